The normalized spacial score (nSPS) is 10.2. The number of hydrogen-bond acceptors (Lipinski definition) is 1. The Bertz CT molecular complexity index is 590. The molecular weight excluding hydrogens is 298 g/mol. The maximum atomic E-state index is 5.42. The Morgan fingerprint density at radius 3 is 1.27 bits per heavy atom. The Kier molecular flexibility index (Phi) is 7.39. The molecule has 3 aromatic rings. The summed E-state index contributed by atoms with van der Waals surface area (Å²) in [5.41, 5.74) is 5.42. The average Bonchev–Trinajstić information content (AvgIpc) is 2.59. The fraction of sp³-hybridized carbons (Fsp3) is 0.0526. The van der Waals surface area contributed by atoms with Crippen molar-refractivity contribution in [2.45, 2.75) is 0 Å². The first kappa shape index (κ1) is 16.4. The van der Waals surface area contributed by atoms with Crippen LogP contribution in [0.2, 0.25) is 0 Å². The Morgan fingerprint density at radius 2 is 0.909 bits per heavy atom. The predicted octanol–water partition coefficient (Wildman–Crippen LogP) is 0.203. The molecule has 3 aromatic carbocycles. The molecule has 0 fully saturated rings. The summed E-state index contributed by atoms with van der Waals surface area (Å²) in [4.78, 5) is 0. The third-order valence-electron chi connectivity index (χ3n) is 3.37. The Hall–Kier alpha value is -1.95. The molecule has 0 saturated heterocycles. The topological polar surface area (TPSA) is 26.0 Å². The number of hydrogen-bond donors (Lipinski definition) is 1. The quantitative estimate of drug-likeness (QED) is 0.683. The maximum absolute atomic E-state index is 5.42. The molecule has 3 rings (SSSR count). The van der Waals surface area contributed by atoms with Crippen LogP contribution in [0.4, 0.5) is 0 Å². The molecular formula is C19H23NSi2. The molecule has 0 unspecified atom stereocenters. The molecule has 0 aromatic heterocycles. The van der Waals surface area contributed by atoms with Crippen molar-refractivity contribution >= 4 is 34.6 Å². The van der Waals surface area contributed by atoms with E-state index in [1.165, 1.54) is 15.6 Å². The van der Waals surface area contributed by atoms with E-state index in [2.05, 4.69) is 84.9 Å². The van der Waals surface area contributed by atoms with Crippen molar-refractivity contribution in [2.24, 2.45) is 5.73 Å². The first-order valence-corrected chi connectivity index (χ1v) is 10.8. The molecule has 0 aliphatic rings. The van der Waals surface area contributed by atoms with Gasteiger partial charge in [-0.2, -0.15) is 0 Å². The lowest BCUT2D eigenvalue weighted by molar-refractivity contribution is 1.37. The van der Waals surface area contributed by atoms with E-state index in [0.717, 1.165) is 6.17 Å². The third-order valence-corrected chi connectivity index (χ3v) is 6.47. The van der Waals surface area contributed by atoms with E-state index < -0.39 is 0 Å². The first-order chi connectivity index (χ1) is 10.9. The summed E-state index contributed by atoms with van der Waals surface area (Å²) in [6, 6.07) is 32.0. The Labute approximate surface area is 137 Å². The summed E-state index contributed by atoms with van der Waals surface area (Å²) >= 11 is 0. The van der Waals surface area contributed by atoms with Gasteiger partial charge in [-0.1, -0.05) is 107 Å². The van der Waals surface area contributed by atoms with Gasteiger partial charge >= 0.3 is 0 Å². The van der Waals surface area contributed by atoms with E-state index in [-0.39, 0.29) is 19.0 Å². The van der Waals surface area contributed by atoms with E-state index >= 15 is 0 Å². The second kappa shape index (κ2) is 9.89. The van der Waals surface area contributed by atoms with Crippen molar-refractivity contribution in [3.05, 3.63) is 91.0 Å². The lowest BCUT2D eigenvalue weighted by Gasteiger charge is -1.99. The Morgan fingerprint density at radius 1 is 0.545 bits per heavy atom. The van der Waals surface area contributed by atoms with Crippen LogP contribution in [-0.2, 0) is 0 Å². The monoisotopic (exact) mass is 321 g/mol. The summed E-state index contributed by atoms with van der Waals surface area (Å²) < 4.78 is 0. The van der Waals surface area contributed by atoms with Gasteiger partial charge in [0.2, 0.25) is 0 Å². The van der Waals surface area contributed by atoms with Crippen molar-refractivity contribution in [2.75, 3.05) is 6.17 Å². The molecule has 0 saturated carbocycles. The standard InChI is InChI=1S/C12H12Si.C7H11NSi/c1-3-7-11(8-4-1)13-12-9-5-2-6-10-12;8-6-9-7-4-2-1-3-5-7/h1-10H,13H2;1-5H,6,8-9H2. The van der Waals surface area contributed by atoms with Crippen molar-refractivity contribution in [3.8, 4) is 0 Å². The highest BCUT2D eigenvalue weighted by Crippen LogP contribution is 1.84. The molecule has 0 aliphatic carbocycles. The van der Waals surface area contributed by atoms with Crippen LogP contribution in [0.15, 0.2) is 91.0 Å². The summed E-state index contributed by atoms with van der Waals surface area (Å²) in [6.45, 7) is 0. The molecule has 0 atom stereocenters. The first-order valence-electron chi connectivity index (χ1n) is 7.70. The second-order valence-electron chi connectivity index (χ2n) is 5.17. The summed E-state index contributed by atoms with van der Waals surface area (Å²) in [5.74, 6) is 0. The van der Waals surface area contributed by atoms with Gasteiger partial charge in [-0.25, -0.2) is 0 Å². The minimum Gasteiger partial charge on any atom is -0.333 e. The van der Waals surface area contributed by atoms with Gasteiger partial charge in [-0.15, -0.1) is 0 Å². The van der Waals surface area contributed by atoms with E-state index in [9.17, 15) is 0 Å². The van der Waals surface area contributed by atoms with Crippen LogP contribution in [0, 0.1) is 0 Å². The third kappa shape index (κ3) is 6.22. The molecule has 0 spiro atoms. The molecule has 1 nitrogen and oxygen atoms in total. The highest BCUT2D eigenvalue weighted by Gasteiger charge is 1.93. The largest absolute Gasteiger partial charge is 0.333 e. The van der Waals surface area contributed by atoms with Gasteiger partial charge in [0, 0.05) is 0 Å². The second-order valence-corrected chi connectivity index (χ2v) is 9.05. The van der Waals surface area contributed by atoms with Gasteiger partial charge in [0.25, 0.3) is 0 Å². The molecule has 0 bridgehead atoms. The zero-order chi connectivity index (χ0) is 15.5. The van der Waals surface area contributed by atoms with Crippen LogP contribution >= 0.6 is 0 Å². The van der Waals surface area contributed by atoms with Crippen molar-refractivity contribution in [1.82, 2.24) is 0 Å². The molecule has 0 amide bonds. The molecule has 3 heteroatoms. The fourth-order valence-corrected chi connectivity index (χ4v) is 4.66. The van der Waals surface area contributed by atoms with E-state index in [0.29, 0.717) is 0 Å². The lowest BCUT2D eigenvalue weighted by Crippen LogP contribution is -2.26. The molecule has 0 heterocycles. The van der Waals surface area contributed by atoms with E-state index in [1.54, 1.807) is 0 Å². The van der Waals surface area contributed by atoms with Crippen LogP contribution in [0.1, 0.15) is 0 Å². The van der Waals surface area contributed by atoms with Crippen LogP contribution in [0.25, 0.3) is 0 Å². The summed E-state index contributed by atoms with van der Waals surface area (Å²) in [7, 11) is -0.357. The van der Waals surface area contributed by atoms with E-state index in [4.69, 9.17) is 5.73 Å². The number of rotatable bonds is 4. The van der Waals surface area contributed by atoms with E-state index in [1.807, 2.05) is 6.07 Å². The van der Waals surface area contributed by atoms with Crippen molar-refractivity contribution < 1.29 is 0 Å². The Balaban J connectivity index is 0.000000172. The molecule has 112 valence electrons. The average molecular weight is 322 g/mol. The van der Waals surface area contributed by atoms with Crippen LogP contribution in [0.5, 0.6) is 0 Å². The van der Waals surface area contributed by atoms with Crippen LogP contribution in [-0.4, -0.2) is 25.2 Å². The fourth-order valence-electron chi connectivity index (χ4n) is 2.24. The van der Waals surface area contributed by atoms with Crippen molar-refractivity contribution in [1.29, 1.82) is 0 Å². The van der Waals surface area contributed by atoms with Gasteiger partial charge in [-0.05, 0) is 6.17 Å². The van der Waals surface area contributed by atoms with Crippen LogP contribution < -0.4 is 21.3 Å². The number of benzene rings is 3. The highest BCUT2D eigenvalue weighted by molar-refractivity contribution is 6.67. The minimum atomic E-state index is -0.234. The molecule has 2 N–H and O–H groups in total. The summed E-state index contributed by atoms with van der Waals surface area (Å²) in [6.07, 6.45) is 0.879. The maximum Gasteiger partial charge on any atom is 0.0875 e. The number of nitrogens with two attached hydrogens (primary N) is 1. The minimum absolute atomic E-state index is 0.123. The van der Waals surface area contributed by atoms with Gasteiger partial charge in [0.05, 0.1) is 19.0 Å². The molecule has 0 aliphatic heterocycles. The van der Waals surface area contributed by atoms with Gasteiger partial charge < -0.3 is 5.73 Å². The molecule has 22 heavy (non-hydrogen) atoms. The zero-order valence-corrected chi connectivity index (χ0v) is 15.7. The molecule has 0 radical (unpaired) electrons. The summed E-state index contributed by atoms with van der Waals surface area (Å²) in [5, 5.41) is 4.47. The smallest absolute Gasteiger partial charge is 0.0875 e. The van der Waals surface area contributed by atoms with Crippen molar-refractivity contribution in [3.63, 3.8) is 0 Å². The lowest BCUT2D eigenvalue weighted by atomic mass is 10.4. The van der Waals surface area contributed by atoms with Crippen LogP contribution in [0.3, 0.4) is 0 Å². The van der Waals surface area contributed by atoms with Gasteiger partial charge in [0.1, 0.15) is 0 Å². The van der Waals surface area contributed by atoms with Gasteiger partial charge in [-0.3, -0.25) is 0 Å². The highest BCUT2D eigenvalue weighted by atomic mass is 28.2. The van der Waals surface area contributed by atoms with Gasteiger partial charge in [0.15, 0.2) is 0 Å². The zero-order valence-electron chi connectivity index (χ0n) is 12.9. The SMILES string of the molecule is NC[SiH2]c1ccccc1.c1ccc([SiH2]c2ccccc2)cc1. The predicted molar refractivity (Wildman–Crippen MR) is 104 cm³/mol.